The average Bonchev–Trinajstić information content (AvgIpc) is 2.74. The molecular formula is C9H7BrClNOS. The second-order valence-electron chi connectivity index (χ2n) is 2.67. The molecule has 0 unspecified atom stereocenters. The van der Waals surface area contributed by atoms with E-state index in [0.717, 1.165) is 15.1 Å². The van der Waals surface area contributed by atoms with Crippen LogP contribution in [0.5, 0.6) is 0 Å². The molecule has 2 aromatic rings. The van der Waals surface area contributed by atoms with Gasteiger partial charge in [0.25, 0.3) is 0 Å². The minimum Gasteiger partial charge on any atom is -0.441 e. The molecule has 14 heavy (non-hydrogen) atoms. The Morgan fingerprint density at radius 3 is 3.07 bits per heavy atom. The van der Waals surface area contributed by atoms with Gasteiger partial charge in [0.2, 0.25) is 0 Å². The van der Waals surface area contributed by atoms with Crippen molar-refractivity contribution >= 4 is 38.9 Å². The van der Waals surface area contributed by atoms with Crippen LogP contribution in [0.3, 0.4) is 0 Å². The summed E-state index contributed by atoms with van der Waals surface area (Å²) in [5.41, 5.74) is 1.04. The molecule has 5 heteroatoms. The second kappa shape index (κ2) is 4.47. The number of oxazole rings is 1. The molecule has 0 aromatic carbocycles. The summed E-state index contributed by atoms with van der Waals surface area (Å²) in [6.07, 6.45) is 2.40. The minimum atomic E-state index is 0.532. The van der Waals surface area contributed by atoms with Crippen molar-refractivity contribution in [2.75, 3.05) is 5.88 Å². The Labute approximate surface area is 99.0 Å². The Hall–Kier alpha value is -0.320. The van der Waals surface area contributed by atoms with Gasteiger partial charge in [-0.05, 0) is 27.4 Å². The topological polar surface area (TPSA) is 26.0 Å². The number of nitrogens with zero attached hydrogens (tertiary/aromatic N) is 1. The minimum absolute atomic E-state index is 0.532. The van der Waals surface area contributed by atoms with E-state index in [1.54, 1.807) is 17.5 Å². The van der Waals surface area contributed by atoms with Gasteiger partial charge < -0.3 is 4.42 Å². The highest BCUT2D eigenvalue weighted by Crippen LogP contribution is 2.33. The van der Waals surface area contributed by atoms with Crippen molar-refractivity contribution in [3.8, 4) is 11.3 Å². The zero-order chi connectivity index (χ0) is 9.97. The third-order valence-corrected chi connectivity index (χ3v) is 3.62. The molecule has 2 heterocycles. The maximum atomic E-state index is 5.59. The van der Waals surface area contributed by atoms with Crippen LogP contribution in [0, 0.1) is 0 Å². The van der Waals surface area contributed by atoms with E-state index in [1.165, 1.54) is 0 Å². The number of halogens is 2. The summed E-state index contributed by atoms with van der Waals surface area (Å²) in [4.78, 5) is 4.14. The maximum Gasteiger partial charge on any atom is 0.196 e. The monoisotopic (exact) mass is 291 g/mol. The van der Waals surface area contributed by atoms with Crippen LogP contribution in [0.15, 0.2) is 25.8 Å². The Morgan fingerprint density at radius 1 is 1.57 bits per heavy atom. The second-order valence-corrected chi connectivity index (χ2v) is 5.28. The SMILES string of the molecule is ClCCc1ncc(-c2ccsc2Br)o1. The van der Waals surface area contributed by atoms with Gasteiger partial charge in [-0.1, -0.05) is 0 Å². The molecule has 0 atom stereocenters. The fraction of sp³-hybridized carbons (Fsp3) is 0.222. The van der Waals surface area contributed by atoms with Gasteiger partial charge in [-0.15, -0.1) is 22.9 Å². The van der Waals surface area contributed by atoms with Gasteiger partial charge in [-0.25, -0.2) is 4.98 Å². The summed E-state index contributed by atoms with van der Waals surface area (Å²) in [6.45, 7) is 0. The van der Waals surface area contributed by atoms with Gasteiger partial charge in [-0.2, -0.15) is 0 Å². The van der Waals surface area contributed by atoms with E-state index >= 15 is 0 Å². The van der Waals surface area contributed by atoms with Crippen LogP contribution in [0.4, 0.5) is 0 Å². The first kappa shape index (κ1) is 10.2. The molecule has 2 nitrogen and oxygen atoms in total. The van der Waals surface area contributed by atoms with Crippen molar-refractivity contribution in [1.29, 1.82) is 0 Å². The number of thiophene rings is 1. The summed E-state index contributed by atoms with van der Waals surface area (Å²) in [6, 6.07) is 2.00. The summed E-state index contributed by atoms with van der Waals surface area (Å²) in [7, 11) is 0. The van der Waals surface area contributed by atoms with Crippen LogP contribution in [0.2, 0.25) is 0 Å². The predicted octanol–water partition coefficient (Wildman–Crippen LogP) is 3.95. The number of aryl methyl sites for hydroxylation is 1. The molecular weight excluding hydrogens is 286 g/mol. The van der Waals surface area contributed by atoms with E-state index in [4.69, 9.17) is 16.0 Å². The van der Waals surface area contributed by atoms with Crippen LogP contribution < -0.4 is 0 Å². The predicted molar refractivity (Wildman–Crippen MR) is 61.9 cm³/mol. The molecule has 0 spiro atoms. The Kier molecular flexibility index (Phi) is 3.26. The molecule has 0 aliphatic rings. The average molecular weight is 293 g/mol. The molecule has 0 aliphatic heterocycles. The fourth-order valence-corrected chi connectivity index (χ4v) is 2.53. The van der Waals surface area contributed by atoms with E-state index in [1.807, 2.05) is 11.4 Å². The van der Waals surface area contributed by atoms with Gasteiger partial charge in [0, 0.05) is 17.9 Å². The van der Waals surface area contributed by atoms with Crippen LogP contribution >= 0.6 is 38.9 Å². The molecule has 0 fully saturated rings. The zero-order valence-corrected chi connectivity index (χ0v) is 10.3. The third kappa shape index (κ3) is 2.02. The summed E-state index contributed by atoms with van der Waals surface area (Å²) < 4.78 is 6.59. The Bertz CT molecular complexity index is 426. The fourth-order valence-electron chi connectivity index (χ4n) is 1.10. The van der Waals surface area contributed by atoms with Gasteiger partial charge in [-0.3, -0.25) is 0 Å². The third-order valence-electron chi connectivity index (χ3n) is 1.75. The Balaban J connectivity index is 2.29. The van der Waals surface area contributed by atoms with Crippen molar-refractivity contribution in [2.45, 2.75) is 6.42 Å². The lowest BCUT2D eigenvalue weighted by molar-refractivity contribution is 0.515. The summed E-state index contributed by atoms with van der Waals surface area (Å²) in [5.74, 6) is 2.01. The van der Waals surface area contributed by atoms with Gasteiger partial charge in [0.05, 0.1) is 9.98 Å². The zero-order valence-electron chi connectivity index (χ0n) is 7.17. The number of alkyl halides is 1. The molecule has 0 amide bonds. The van der Waals surface area contributed by atoms with E-state index in [2.05, 4.69) is 20.9 Å². The van der Waals surface area contributed by atoms with E-state index < -0.39 is 0 Å². The van der Waals surface area contributed by atoms with Crippen LogP contribution in [0.1, 0.15) is 5.89 Å². The smallest absolute Gasteiger partial charge is 0.196 e. The molecule has 0 saturated carbocycles. The van der Waals surface area contributed by atoms with Crippen LogP contribution in [-0.4, -0.2) is 10.9 Å². The normalized spacial score (nSPS) is 10.7. The lowest BCUT2D eigenvalue weighted by Crippen LogP contribution is -1.83. The number of hydrogen-bond donors (Lipinski definition) is 0. The first-order valence-electron chi connectivity index (χ1n) is 4.05. The van der Waals surface area contributed by atoms with Crippen molar-refractivity contribution in [3.05, 3.63) is 27.3 Å². The lowest BCUT2D eigenvalue weighted by Gasteiger charge is -1.91. The summed E-state index contributed by atoms with van der Waals surface area (Å²) >= 11 is 10.7. The number of aromatic nitrogens is 1. The van der Waals surface area contributed by atoms with Crippen molar-refractivity contribution < 1.29 is 4.42 Å². The first-order chi connectivity index (χ1) is 6.81. The largest absolute Gasteiger partial charge is 0.441 e. The van der Waals surface area contributed by atoms with Crippen molar-refractivity contribution in [2.24, 2.45) is 0 Å². The summed E-state index contributed by atoms with van der Waals surface area (Å²) in [5, 5.41) is 2.00. The lowest BCUT2D eigenvalue weighted by atomic mass is 10.3. The molecule has 0 aliphatic carbocycles. The molecule has 0 saturated heterocycles. The molecule has 74 valence electrons. The van der Waals surface area contributed by atoms with E-state index in [-0.39, 0.29) is 0 Å². The quantitative estimate of drug-likeness (QED) is 0.801. The van der Waals surface area contributed by atoms with E-state index in [0.29, 0.717) is 18.2 Å². The van der Waals surface area contributed by atoms with Gasteiger partial charge in [0.15, 0.2) is 11.7 Å². The van der Waals surface area contributed by atoms with Gasteiger partial charge in [0.1, 0.15) is 0 Å². The molecule has 0 bridgehead atoms. The maximum absolute atomic E-state index is 5.59. The molecule has 2 aromatic heterocycles. The molecule has 2 rings (SSSR count). The van der Waals surface area contributed by atoms with Crippen molar-refractivity contribution in [3.63, 3.8) is 0 Å². The van der Waals surface area contributed by atoms with Crippen LogP contribution in [-0.2, 0) is 6.42 Å². The molecule has 0 radical (unpaired) electrons. The van der Waals surface area contributed by atoms with Crippen LogP contribution in [0.25, 0.3) is 11.3 Å². The Morgan fingerprint density at radius 2 is 2.43 bits per heavy atom. The standard InChI is InChI=1S/C9H7BrClNOS/c10-9-6(2-4-14-9)7-5-12-8(13-7)1-3-11/h2,4-5H,1,3H2. The van der Waals surface area contributed by atoms with E-state index in [9.17, 15) is 0 Å². The van der Waals surface area contributed by atoms with Gasteiger partial charge >= 0.3 is 0 Å². The highest BCUT2D eigenvalue weighted by molar-refractivity contribution is 9.11. The highest BCUT2D eigenvalue weighted by Gasteiger charge is 2.09. The first-order valence-corrected chi connectivity index (χ1v) is 6.26. The molecule has 0 N–H and O–H groups in total. The van der Waals surface area contributed by atoms with Crippen molar-refractivity contribution in [1.82, 2.24) is 4.98 Å². The number of rotatable bonds is 3. The highest BCUT2D eigenvalue weighted by atomic mass is 79.9. The number of hydrogen-bond acceptors (Lipinski definition) is 3.